The van der Waals surface area contributed by atoms with Gasteiger partial charge in [0.2, 0.25) is 0 Å². The molecule has 0 fully saturated rings. The third-order valence-electron chi connectivity index (χ3n) is 4.26. The maximum absolute atomic E-state index is 12.5. The fourth-order valence-electron chi connectivity index (χ4n) is 2.86. The number of benzene rings is 2. The quantitative estimate of drug-likeness (QED) is 0.605. The van der Waals surface area contributed by atoms with E-state index in [4.69, 9.17) is 0 Å². The lowest BCUT2D eigenvalue weighted by molar-refractivity contribution is 0.102. The molecule has 1 amide bonds. The van der Waals surface area contributed by atoms with Crippen molar-refractivity contribution in [1.82, 2.24) is 30.0 Å². The molecular weight excluding hydrogens is 342 g/mol. The smallest absolute Gasteiger partial charge is 0.255 e. The molecule has 2 aromatic carbocycles. The Kier molecular flexibility index (Phi) is 4.21. The summed E-state index contributed by atoms with van der Waals surface area (Å²) in [6.45, 7) is 3.92. The van der Waals surface area contributed by atoms with Crippen LogP contribution >= 0.6 is 0 Å². The first-order chi connectivity index (χ1) is 13.1. The van der Waals surface area contributed by atoms with Crippen molar-refractivity contribution in [3.8, 4) is 11.4 Å². The molecule has 0 saturated carbocycles. The number of nitrogens with zero attached hydrogens (tertiary/aromatic N) is 6. The molecule has 0 aliphatic heterocycles. The van der Waals surface area contributed by atoms with Crippen LogP contribution in [0.2, 0.25) is 0 Å². The van der Waals surface area contributed by atoms with Crippen molar-refractivity contribution in [2.24, 2.45) is 0 Å². The number of rotatable bonds is 4. The molecule has 0 spiro atoms. The van der Waals surface area contributed by atoms with Crippen LogP contribution in [0.25, 0.3) is 11.4 Å². The Morgan fingerprint density at radius 2 is 1.85 bits per heavy atom. The van der Waals surface area contributed by atoms with Crippen LogP contribution < -0.4 is 5.32 Å². The van der Waals surface area contributed by atoms with Crippen molar-refractivity contribution < 1.29 is 4.79 Å². The van der Waals surface area contributed by atoms with Gasteiger partial charge in [0.25, 0.3) is 5.91 Å². The zero-order chi connectivity index (χ0) is 18.8. The molecule has 4 rings (SSSR count). The molecule has 0 unspecified atom stereocenters. The second-order valence-corrected chi connectivity index (χ2v) is 6.14. The Morgan fingerprint density at radius 1 is 1.04 bits per heavy atom. The fraction of sp³-hybridized carbons (Fsp3) is 0.105. The Balaban J connectivity index is 1.51. The molecule has 0 aliphatic rings. The summed E-state index contributed by atoms with van der Waals surface area (Å²) in [5.41, 5.74) is 5.04. The van der Waals surface area contributed by atoms with E-state index >= 15 is 0 Å². The van der Waals surface area contributed by atoms with E-state index in [1.807, 2.05) is 54.9 Å². The lowest BCUT2D eigenvalue weighted by Crippen LogP contribution is -2.12. The third-order valence-corrected chi connectivity index (χ3v) is 4.26. The summed E-state index contributed by atoms with van der Waals surface area (Å²) in [5, 5.41) is 18.3. The Labute approximate surface area is 155 Å². The van der Waals surface area contributed by atoms with Crippen molar-refractivity contribution in [3.05, 3.63) is 77.9 Å². The molecule has 8 heteroatoms. The highest BCUT2D eigenvalue weighted by Crippen LogP contribution is 2.19. The molecule has 0 aliphatic carbocycles. The van der Waals surface area contributed by atoms with Gasteiger partial charge < -0.3 is 5.32 Å². The average molecular weight is 359 g/mol. The molecule has 2 heterocycles. The Bertz CT molecular complexity index is 1080. The fourth-order valence-corrected chi connectivity index (χ4v) is 2.86. The number of anilines is 1. The molecule has 27 heavy (non-hydrogen) atoms. The highest BCUT2D eigenvalue weighted by molar-refractivity contribution is 6.04. The molecule has 1 N–H and O–H groups in total. The minimum atomic E-state index is -0.173. The number of carbonyl (C=O) groups is 1. The van der Waals surface area contributed by atoms with Gasteiger partial charge in [-0.05, 0) is 78.4 Å². The lowest BCUT2D eigenvalue weighted by atomic mass is 10.1. The number of nitrogens with one attached hydrogen (secondary N) is 1. The molecule has 8 nitrogen and oxygen atoms in total. The number of carbonyl (C=O) groups excluding carboxylic acids is 1. The number of tetrazole rings is 1. The van der Waals surface area contributed by atoms with E-state index in [-0.39, 0.29) is 5.91 Å². The summed E-state index contributed by atoms with van der Waals surface area (Å²) in [5.74, 6) is -0.173. The summed E-state index contributed by atoms with van der Waals surface area (Å²) < 4.78 is 3.40. The number of aromatic nitrogens is 6. The van der Waals surface area contributed by atoms with Gasteiger partial charge in [0.15, 0.2) is 0 Å². The molecule has 0 saturated heterocycles. The van der Waals surface area contributed by atoms with Gasteiger partial charge in [0, 0.05) is 23.1 Å². The first-order valence-corrected chi connectivity index (χ1v) is 8.38. The van der Waals surface area contributed by atoms with E-state index in [1.165, 1.54) is 6.33 Å². The van der Waals surface area contributed by atoms with Gasteiger partial charge in [-0.1, -0.05) is 0 Å². The molecular formula is C19H17N7O. The number of amides is 1. The summed E-state index contributed by atoms with van der Waals surface area (Å²) in [6.07, 6.45) is 3.28. The molecule has 4 aromatic rings. The summed E-state index contributed by atoms with van der Waals surface area (Å²) in [6, 6.07) is 14.8. The van der Waals surface area contributed by atoms with E-state index in [1.54, 1.807) is 23.0 Å². The van der Waals surface area contributed by atoms with E-state index in [0.29, 0.717) is 11.3 Å². The van der Waals surface area contributed by atoms with Gasteiger partial charge in [-0.15, -0.1) is 5.10 Å². The number of aryl methyl sites for hydroxylation is 2. The average Bonchev–Trinajstić information content (AvgIpc) is 3.34. The third kappa shape index (κ3) is 3.32. The van der Waals surface area contributed by atoms with Gasteiger partial charge >= 0.3 is 0 Å². The maximum atomic E-state index is 12.5. The molecule has 134 valence electrons. The number of hydrogen-bond acceptors (Lipinski definition) is 5. The predicted octanol–water partition coefficient (Wildman–Crippen LogP) is 2.72. The second kappa shape index (κ2) is 6.83. The predicted molar refractivity (Wildman–Crippen MR) is 100 cm³/mol. The largest absolute Gasteiger partial charge is 0.322 e. The minimum absolute atomic E-state index is 0.173. The normalized spacial score (nSPS) is 10.7. The van der Waals surface area contributed by atoms with E-state index in [9.17, 15) is 4.79 Å². The second-order valence-electron chi connectivity index (χ2n) is 6.14. The van der Waals surface area contributed by atoms with Gasteiger partial charge in [-0.25, -0.2) is 9.36 Å². The molecule has 0 radical (unpaired) electrons. The first-order valence-electron chi connectivity index (χ1n) is 8.38. The van der Waals surface area contributed by atoms with Gasteiger partial charge in [0.1, 0.15) is 6.33 Å². The van der Waals surface area contributed by atoms with Gasteiger partial charge in [0.05, 0.1) is 11.4 Å². The Hall–Kier alpha value is -3.81. The van der Waals surface area contributed by atoms with Crippen LogP contribution in [0.1, 0.15) is 21.6 Å². The SMILES string of the molecule is Cc1cc(NC(=O)c2ccc(-n3nccc3C)cc2)ccc1-n1cnnn1. The van der Waals surface area contributed by atoms with Crippen LogP contribution in [-0.4, -0.2) is 35.9 Å². The van der Waals surface area contributed by atoms with Crippen molar-refractivity contribution in [3.63, 3.8) is 0 Å². The van der Waals surface area contributed by atoms with Gasteiger partial charge in [-0.2, -0.15) is 5.10 Å². The highest BCUT2D eigenvalue weighted by Gasteiger charge is 2.09. The zero-order valence-corrected chi connectivity index (χ0v) is 14.9. The van der Waals surface area contributed by atoms with E-state index < -0.39 is 0 Å². The van der Waals surface area contributed by atoms with Crippen molar-refractivity contribution in [2.75, 3.05) is 5.32 Å². The summed E-state index contributed by atoms with van der Waals surface area (Å²) >= 11 is 0. The molecule has 0 bridgehead atoms. The van der Waals surface area contributed by atoms with Crippen LogP contribution in [0.3, 0.4) is 0 Å². The standard InChI is InChI=1S/C19H17N7O/c1-13-11-16(5-8-18(13)25-12-20-23-24-25)22-19(27)15-3-6-17(7-4-15)26-14(2)9-10-21-26/h3-12H,1-2H3,(H,22,27). The lowest BCUT2D eigenvalue weighted by Gasteiger charge is -2.10. The molecule has 0 atom stereocenters. The minimum Gasteiger partial charge on any atom is -0.322 e. The summed E-state index contributed by atoms with van der Waals surface area (Å²) in [4.78, 5) is 12.5. The zero-order valence-electron chi connectivity index (χ0n) is 14.9. The topological polar surface area (TPSA) is 90.5 Å². The first kappa shape index (κ1) is 16.6. The van der Waals surface area contributed by atoms with E-state index in [2.05, 4.69) is 25.9 Å². The van der Waals surface area contributed by atoms with Crippen molar-refractivity contribution in [1.29, 1.82) is 0 Å². The highest BCUT2D eigenvalue weighted by atomic mass is 16.1. The van der Waals surface area contributed by atoms with Crippen molar-refractivity contribution >= 4 is 11.6 Å². The van der Waals surface area contributed by atoms with Crippen LogP contribution in [0, 0.1) is 13.8 Å². The van der Waals surface area contributed by atoms with Crippen LogP contribution in [0.4, 0.5) is 5.69 Å². The number of hydrogen-bond donors (Lipinski definition) is 1. The monoisotopic (exact) mass is 359 g/mol. The Morgan fingerprint density at radius 3 is 2.48 bits per heavy atom. The van der Waals surface area contributed by atoms with Crippen LogP contribution in [-0.2, 0) is 0 Å². The van der Waals surface area contributed by atoms with Gasteiger partial charge in [-0.3, -0.25) is 4.79 Å². The van der Waals surface area contributed by atoms with Crippen LogP contribution in [0.15, 0.2) is 61.1 Å². The summed E-state index contributed by atoms with van der Waals surface area (Å²) in [7, 11) is 0. The van der Waals surface area contributed by atoms with E-state index in [0.717, 1.165) is 22.6 Å². The molecule has 2 aromatic heterocycles. The van der Waals surface area contributed by atoms with Crippen LogP contribution in [0.5, 0.6) is 0 Å². The van der Waals surface area contributed by atoms with Crippen molar-refractivity contribution in [2.45, 2.75) is 13.8 Å². The maximum Gasteiger partial charge on any atom is 0.255 e.